The van der Waals surface area contributed by atoms with E-state index in [4.69, 9.17) is 4.74 Å². The number of hydrogen-bond donors (Lipinski definition) is 2. The number of nitrogens with one attached hydrogen (secondary N) is 2. The predicted octanol–water partition coefficient (Wildman–Crippen LogP) is 1.81. The summed E-state index contributed by atoms with van der Waals surface area (Å²) >= 11 is 1.45. The number of rotatable bonds is 2. The highest BCUT2D eigenvalue weighted by molar-refractivity contribution is 8.00. The first-order chi connectivity index (χ1) is 12.3. The van der Waals surface area contributed by atoms with Crippen LogP contribution in [0.25, 0.3) is 0 Å². The molecule has 2 N–H and O–H groups in total. The van der Waals surface area contributed by atoms with Crippen molar-refractivity contribution in [2.24, 2.45) is 7.05 Å². The SMILES string of the molecule is Cn1cc([C@H]2SCC(=O)Nc3c2c(=O)[nH]n3[C@H]2CCOC(C)(C)C2)cn1. The van der Waals surface area contributed by atoms with E-state index in [9.17, 15) is 9.59 Å². The molecule has 0 bridgehead atoms. The van der Waals surface area contributed by atoms with Gasteiger partial charge in [-0.25, -0.2) is 0 Å². The zero-order valence-electron chi connectivity index (χ0n) is 15.1. The number of carbonyl (C=O) groups excluding carboxylic acids is 1. The second-order valence-electron chi connectivity index (χ2n) is 7.51. The Morgan fingerprint density at radius 2 is 2.19 bits per heavy atom. The van der Waals surface area contributed by atoms with Gasteiger partial charge in [0.2, 0.25) is 5.91 Å². The summed E-state index contributed by atoms with van der Waals surface area (Å²) in [6.07, 6.45) is 5.21. The highest BCUT2D eigenvalue weighted by Gasteiger charge is 2.36. The Hall–Kier alpha value is -2.00. The largest absolute Gasteiger partial charge is 0.375 e. The second-order valence-corrected chi connectivity index (χ2v) is 8.61. The lowest BCUT2D eigenvalue weighted by Crippen LogP contribution is -2.36. The number of hydrogen-bond acceptors (Lipinski definition) is 5. The first kappa shape index (κ1) is 17.4. The smallest absolute Gasteiger partial charge is 0.270 e. The van der Waals surface area contributed by atoms with Gasteiger partial charge in [-0.15, -0.1) is 11.8 Å². The molecule has 1 fully saturated rings. The van der Waals surface area contributed by atoms with E-state index in [1.54, 1.807) is 10.9 Å². The topological polar surface area (TPSA) is 93.9 Å². The minimum atomic E-state index is -0.261. The maximum atomic E-state index is 12.8. The minimum absolute atomic E-state index is 0.0770. The normalized spacial score (nSPS) is 25.4. The van der Waals surface area contributed by atoms with Crippen molar-refractivity contribution < 1.29 is 9.53 Å². The molecule has 2 aromatic heterocycles. The summed E-state index contributed by atoms with van der Waals surface area (Å²) in [5.41, 5.74) is 1.10. The Balaban J connectivity index is 1.80. The zero-order chi connectivity index (χ0) is 18.5. The number of amides is 1. The third-order valence-electron chi connectivity index (χ3n) is 4.93. The van der Waals surface area contributed by atoms with Crippen LogP contribution < -0.4 is 10.9 Å². The van der Waals surface area contributed by atoms with Crippen LogP contribution in [0.3, 0.4) is 0 Å². The van der Waals surface area contributed by atoms with Gasteiger partial charge in [0.05, 0.1) is 34.4 Å². The molecule has 4 heterocycles. The summed E-state index contributed by atoms with van der Waals surface area (Å²) in [7, 11) is 1.84. The van der Waals surface area contributed by atoms with E-state index in [-0.39, 0.29) is 28.4 Å². The molecule has 26 heavy (non-hydrogen) atoms. The molecule has 1 saturated heterocycles. The molecular weight excluding hydrogens is 354 g/mol. The fourth-order valence-corrected chi connectivity index (χ4v) is 4.87. The summed E-state index contributed by atoms with van der Waals surface area (Å²) < 4.78 is 9.35. The average molecular weight is 377 g/mol. The molecule has 4 rings (SSSR count). The number of aromatic amines is 1. The molecule has 140 valence electrons. The van der Waals surface area contributed by atoms with Crippen molar-refractivity contribution in [3.8, 4) is 0 Å². The number of nitrogens with zero attached hydrogens (tertiary/aromatic N) is 3. The molecule has 2 atom stereocenters. The van der Waals surface area contributed by atoms with E-state index in [0.717, 1.165) is 18.4 Å². The third-order valence-corrected chi connectivity index (χ3v) is 6.20. The van der Waals surface area contributed by atoms with Crippen molar-refractivity contribution in [1.82, 2.24) is 19.6 Å². The van der Waals surface area contributed by atoms with Gasteiger partial charge in [0.25, 0.3) is 5.56 Å². The maximum Gasteiger partial charge on any atom is 0.270 e. The molecule has 9 heteroatoms. The Morgan fingerprint density at radius 3 is 2.88 bits per heavy atom. The number of carbonyl (C=O) groups is 1. The van der Waals surface area contributed by atoms with Crippen LogP contribution in [0.15, 0.2) is 17.2 Å². The van der Waals surface area contributed by atoms with E-state index in [2.05, 4.69) is 15.5 Å². The molecule has 2 aliphatic heterocycles. The predicted molar refractivity (Wildman–Crippen MR) is 99.5 cm³/mol. The first-order valence-electron chi connectivity index (χ1n) is 8.72. The Morgan fingerprint density at radius 1 is 1.38 bits per heavy atom. The molecule has 1 amide bonds. The van der Waals surface area contributed by atoms with E-state index in [0.29, 0.717) is 23.7 Å². The van der Waals surface area contributed by atoms with Crippen LogP contribution in [0, 0.1) is 0 Å². The van der Waals surface area contributed by atoms with Gasteiger partial charge in [-0.3, -0.25) is 24.1 Å². The summed E-state index contributed by atoms with van der Waals surface area (Å²) in [6.45, 7) is 4.72. The lowest BCUT2D eigenvalue weighted by molar-refractivity contribution is -0.113. The van der Waals surface area contributed by atoms with Crippen LogP contribution in [0.1, 0.15) is 49.1 Å². The quantitative estimate of drug-likeness (QED) is 0.833. The number of aromatic nitrogens is 4. The Labute approximate surface area is 155 Å². The monoisotopic (exact) mass is 377 g/mol. The van der Waals surface area contributed by atoms with E-state index < -0.39 is 0 Å². The Bertz CT molecular complexity index is 897. The van der Waals surface area contributed by atoms with Gasteiger partial charge in [-0.2, -0.15) is 5.10 Å². The molecule has 0 aliphatic carbocycles. The number of ether oxygens (including phenoxy) is 1. The number of thioether (sulfide) groups is 1. The average Bonchev–Trinajstić information content (AvgIpc) is 3.07. The van der Waals surface area contributed by atoms with Gasteiger partial charge in [0.15, 0.2) is 0 Å². The van der Waals surface area contributed by atoms with Gasteiger partial charge in [-0.1, -0.05) is 0 Å². The van der Waals surface area contributed by atoms with Crippen LogP contribution >= 0.6 is 11.8 Å². The van der Waals surface area contributed by atoms with E-state index in [1.165, 1.54) is 11.8 Å². The summed E-state index contributed by atoms with van der Waals surface area (Å²) in [5.74, 6) is 0.788. The second kappa shape index (κ2) is 6.31. The van der Waals surface area contributed by atoms with Crippen molar-refractivity contribution in [3.05, 3.63) is 33.9 Å². The maximum absolute atomic E-state index is 12.8. The highest BCUT2D eigenvalue weighted by atomic mass is 32.2. The number of anilines is 1. The van der Waals surface area contributed by atoms with Crippen molar-refractivity contribution in [2.45, 2.75) is 43.6 Å². The summed E-state index contributed by atoms with van der Waals surface area (Å²) in [5, 5.41) is 9.91. The lowest BCUT2D eigenvalue weighted by atomic mass is 9.94. The molecule has 8 nitrogen and oxygen atoms in total. The van der Waals surface area contributed by atoms with E-state index in [1.807, 2.05) is 31.8 Å². The summed E-state index contributed by atoms with van der Waals surface area (Å²) in [6, 6.07) is 0.0770. The van der Waals surface area contributed by atoms with Gasteiger partial charge in [-0.05, 0) is 26.7 Å². The molecule has 2 aliphatic rings. The van der Waals surface area contributed by atoms with Crippen LogP contribution in [0.4, 0.5) is 5.82 Å². The Kier molecular flexibility index (Phi) is 4.23. The number of fused-ring (bicyclic) bond motifs is 1. The fourth-order valence-electron chi connectivity index (χ4n) is 3.78. The van der Waals surface area contributed by atoms with Gasteiger partial charge < -0.3 is 10.1 Å². The molecule has 2 aromatic rings. The molecule has 0 aromatic carbocycles. The number of aryl methyl sites for hydroxylation is 1. The minimum Gasteiger partial charge on any atom is -0.375 e. The highest BCUT2D eigenvalue weighted by Crippen LogP contribution is 2.41. The lowest BCUT2D eigenvalue weighted by Gasteiger charge is -2.36. The first-order valence-corrected chi connectivity index (χ1v) is 9.77. The third kappa shape index (κ3) is 3.09. The van der Waals surface area contributed by atoms with Crippen molar-refractivity contribution in [3.63, 3.8) is 0 Å². The van der Waals surface area contributed by atoms with Crippen molar-refractivity contribution in [1.29, 1.82) is 0 Å². The molecule has 0 radical (unpaired) electrons. The summed E-state index contributed by atoms with van der Waals surface area (Å²) in [4.78, 5) is 25.1. The molecular formula is C17H23N5O3S. The van der Waals surface area contributed by atoms with Gasteiger partial charge in [0, 0.05) is 25.4 Å². The molecule has 0 unspecified atom stereocenters. The van der Waals surface area contributed by atoms with Crippen LogP contribution in [0.2, 0.25) is 0 Å². The van der Waals surface area contributed by atoms with Crippen LogP contribution in [0.5, 0.6) is 0 Å². The number of H-pyrrole nitrogens is 1. The van der Waals surface area contributed by atoms with Crippen LogP contribution in [-0.2, 0) is 16.6 Å². The van der Waals surface area contributed by atoms with E-state index >= 15 is 0 Å². The van der Waals surface area contributed by atoms with Crippen LogP contribution in [-0.4, -0.2) is 43.4 Å². The molecule has 0 spiro atoms. The van der Waals surface area contributed by atoms with Gasteiger partial charge in [0.1, 0.15) is 5.82 Å². The zero-order valence-corrected chi connectivity index (χ0v) is 15.9. The standard InChI is InChI=1S/C17H23N5O3S/c1-17(2)6-11(4-5-25-17)22-15-13(16(24)20-22)14(26-9-12(23)19-15)10-7-18-21(3)8-10/h7-8,11,14H,4-6,9H2,1-3H3,(H,19,23)(H,20,24)/t11-,14+/m0/s1. The van der Waals surface area contributed by atoms with Gasteiger partial charge >= 0.3 is 0 Å². The van der Waals surface area contributed by atoms with Crippen molar-refractivity contribution >= 4 is 23.5 Å². The molecule has 0 saturated carbocycles. The fraction of sp³-hybridized carbons (Fsp3) is 0.588. The van der Waals surface area contributed by atoms with Crippen molar-refractivity contribution in [2.75, 3.05) is 17.7 Å².